The number of para-hydroxylation sites is 1. The van der Waals surface area contributed by atoms with Crippen molar-refractivity contribution in [2.24, 2.45) is 5.41 Å². The van der Waals surface area contributed by atoms with Gasteiger partial charge in [-0.2, -0.15) is 0 Å². The Morgan fingerprint density at radius 2 is 1.65 bits per heavy atom. The van der Waals surface area contributed by atoms with Crippen molar-refractivity contribution in [3.63, 3.8) is 0 Å². The van der Waals surface area contributed by atoms with Gasteiger partial charge in [0.2, 0.25) is 5.91 Å². The molecule has 1 fully saturated rings. The normalized spacial score (nSPS) is 17.8. The van der Waals surface area contributed by atoms with Gasteiger partial charge in [-0.05, 0) is 74.6 Å². The molecule has 5 rings (SSSR count). The van der Waals surface area contributed by atoms with Crippen LogP contribution in [-0.2, 0) is 20.7 Å². The lowest BCUT2D eigenvalue weighted by atomic mass is 9.94. The minimum atomic E-state index is -1.01. The molecular weight excluding hydrogens is 723 g/mol. The minimum Gasteiger partial charge on any atom is -0.492 e. The highest BCUT2D eigenvalue weighted by Crippen LogP contribution is 2.45. The third-order valence-electron chi connectivity index (χ3n) is 9.17. The number of aryl methyl sites for hydroxylation is 1. The van der Waals surface area contributed by atoms with Gasteiger partial charge in [0.15, 0.2) is 11.5 Å². The van der Waals surface area contributed by atoms with Crippen molar-refractivity contribution in [1.82, 2.24) is 15.1 Å². The lowest BCUT2D eigenvalue weighted by Crippen LogP contribution is -2.50. The first-order chi connectivity index (χ1) is 24.0. The number of halogens is 3. The average molecular weight is 778 g/mol. The Labute approximate surface area is 327 Å². The Bertz CT molecular complexity index is 1580. The van der Waals surface area contributed by atoms with Crippen LogP contribution in [0.15, 0.2) is 66.7 Å². The number of hydrogen-bond donors (Lipinski definition) is 1. The van der Waals surface area contributed by atoms with Crippen LogP contribution in [0.2, 0.25) is 5.02 Å². The maximum absolute atomic E-state index is 14.4. The van der Waals surface area contributed by atoms with Crippen molar-refractivity contribution in [2.45, 2.75) is 58.7 Å². The molecule has 0 radical (unpaired) electrons. The SMILES string of the molecule is COc1c(OCCCNCCCc2ccccc2)cccc1[C@H]1O[C@H](CC(=O)N2CCN(C)CC2)C(=O)N(CC(C)(C)C)c2ccc(Cl)cc21.Cl.Cl. The van der Waals surface area contributed by atoms with Gasteiger partial charge in [0.25, 0.3) is 5.91 Å². The molecule has 0 saturated carbocycles. The van der Waals surface area contributed by atoms with Crippen molar-refractivity contribution in [3.8, 4) is 11.5 Å². The fourth-order valence-electron chi connectivity index (χ4n) is 6.56. The zero-order valence-corrected chi connectivity index (χ0v) is 33.5. The number of fused-ring (bicyclic) bond motifs is 1. The van der Waals surface area contributed by atoms with Gasteiger partial charge in [0, 0.05) is 54.6 Å². The molecule has 2 aliphatic rings. The molecule has 0 bridgehead atoms. The molecular formula is C40H55Cl3N4O5. The number of likely N-dealkylation sites (N-methyl/N-ethyl adjacent to an activating group) is 1. The van der Waals surface area contributed by atoms with Crippen LogP contribution in [0.3, 0.4) is 0 Å². The van der Waals surface area contributed by atoms with Gasteiger partial charge in [0.1, 0.15) is 12.2 Å². The van der Waals surface area contributed by atoms with Crippen molar-refractivity contribution >= 4 is 53.9 Å². The van der Waals surface area contributed by atoms with Crippen LogP contribution in [0, 0.1) is 5.41 Å². The summed E-state index contributed by atoms with van der Waals surface area (Å²) in [5.41, 5.74) is 3.28. The van der Waals surface area contributed by atoms with E-state index in [0.717, 1.165) is 51.0 Å². The average Bonchev–Trinajstić information content (AvgIpc) is 3.19. The summed E-state index contributed by atoms with van der Waals surface area (Å²) in [7, 11) is 3.66. The van der Waals surface area contributed by atoms with E-state index in [1.807, 2.05) is 48.3 Å². The van der Waals surface area contributed by atoms with E-state index in [1.54, 1.807) is 18.1 Å². The summed E-state index contributed by atoms with van der Waals surface area (Å²) in [5, 5.41) is 4.04. The molecule has 2 heterocycles. The number of nitrogens with zero attached hydrogens (tertiary/aromatic N) is 3. The molecule has 3 aromatic rings. The Hall–Kier alpha value is -3.05. The molecule has 2 aliphatic heterocycles. The first-order valence-electron chi connectivity index (χ1n) is 17.8. The summed E-state index contributed by atoms with van der Waals surface area (Å²) >= 11 is 6.61. The highest BCUT2D eigenvalue weighted by Gasteiger charge is 2.41. The predicted octanol–water partition coefficient (Wildman–Crippen LogP) is 7.21. The lowest BCUT2D eigenvalue weighted by Gasteiger charge is -2.34. The second kappa shape index (κ2) is 20.4. The summed E-state index contributed by atoms with van der Waals surface area (Å²) in [5.74, 6) is 0.789. The molecule has 12 heteroatoms. The number of ether oxygens (including phenoxy) is 3. The van der Waals surface area contributed by atoms with E-state index < -0.39 is 12.2 Å². The Balaban J connectivity index is 0.00000364. The van der Waals surface area contributed by atoms with Gasteiger partial charge in [-0.15, -0.1) is 24.8 Å². The zero-order valence-electron chi connectivity index (χ0n) is 31.1. The molecule has 0 spiro atoms. The monoisotopic (exact) mass is 776 g/mol. The van der Waals surface area contributed by atoms with Crippen LogP contribution in [0.4, 0.5) is 5.69 Å². The molecule has 3 aromatic carbocycles. The van der Waals surface area contributed by atoms with Crippen LogP contribution in [0.25, 0.3) is 0 Å². The standard InChI is InChI=1S/C40H53ClN4O5.2ClH/c1-40(2,3)28-45-33-18-17-30(41)26-32(33)37(50-35(39(45)47)27-36(46)44-23-21-43(4)22-24-44)31-15-9-16-34(38(31)48-5)49-25-11-20-42-19-10-14-29-12-7-6-8-13-29;;/h6-9,12-13,15-18,26,35,37,42H,10-11,14,19-25,27-28H2,1-5H3;2*1H/t35-,37-;;/m1../s1. The van der Waals surface area contributed by atoms with Gasteiger partial charge < -0.3 is 34.2 Å². The van der Waals surface area contributed by atoms with Crippen LogP contribution in [0.5, 0.6) is 11.5 Å². The number of amides is 2. The first-order valence-corrected chi connectivity index (χ1v) is 18.2. The van der Waals surface area contributed by atoms with E-state index in [-0.39, 0.29) is 48.5 Å². The third kappa shape index (κ3) is 11.7. The molecule has 2 atom stereocenters. The number of piperazine rings is 1. The second-order valence-electron chi connectivity index (χ2n) is 14.5. The number of nitrogens with one attached hydrogen (secondary N) is 1. The van der Waals surface area contributed by atoms with E-state index in [4.69, 9.17) is 25.8 Å². The van der Waals surface area contributed by atoms with E-state index in [9.17, 15) is 9.59 Å². The number of hydrogen-bond acceptors (Lipinski definition) is 7. The maximum Gasteiger partial charge on any atom is 0.256 e. The molecule has 9 nitrogen and oxygen atoms in total. The highest BCUT2D eigenvalue weighted by atomic mass is 35.5. The number of carbonyl (C=O) groups is 2. The predicted molar refractivity (Wildman–Crippen MR) is 214 cm³/mol. The highest BCUT2D eigenvalue weighted by molar-refractivity contribution is 6.30. The zero-order chi connectivity index (χ0) is 35.7. The van der Waals surface area contributed by atoms with Crippen LogP contribution in [-0.4, -0.2) is 94.3 Å². The van der Waals surface area contributed by atoms with Crippen molar-refractivity contribution in [1.29, 1.82) is 0 Å². The molecule has 0 aliphatic carbocycles. The molecule has 286 valence electrons. The van der Waals surface area contributed by atoms with Crippen LogP contribution in [0.1, 0.15) is 62.8 Å². The summed E-state index contributed by atoms with van der Waals surface area (Å²) in [6.07, 6.45) is 1.14. The minimum absolute atomic E-state index is 0. The molecule has 1 N–H and O–H groups in total. The second-order valence-corrected chi connectivity index (χ2v) is 14.9. The van der Waals surface area contributed by atoms with Crippen LogP contribution >= 0.6 is 36.4 Å². The van der Waals surface area contributed by atoms with Crippen molar-refractivity contribution < 1.29 is 23.8 Å². The largest absolute Gasteiger partial charge is 0.492 e. The summed E-state index contributed by atoms with van der Waals surface area (Å²) in [6.45, 7) is 11.8. The number of benzene rings is 3. The van der Waals surface area contributed by atoms with E-state index >= 15 is 0 Å². The number of methoxy groups -OCH3 is 1. The van der Waals surface area contributed by atoms with Gasteiger partial charge in [-0.1, -0.05) is 74.8 Å². The van der Waals surface area contributed by atoms with Gasteiger partial charge in [0.05, 0.1) is 20.1 Å². The summed E-state index contributed by atoms with van der Waals surface area (Å²) < 4.78 is 19.0. The van der Waals surface area contributed by atoms with E-state index in [1.165, 1.54) is 5.56 Å². The molecule has 0 unspecified atom stereocenters. The quantitative estimate of drug-likeness (QED) is 0.173. The Kier molecular flexibility index (Phi) is 17.0. The van der Waals surface area contributed by atoms with Crippen molar-refractivity contribution in [2.75, 3.05) is 71.5 Å². The maximum atomic E-state index is 14.4. The summed E-state index contributed by atoms with van der Waals surface area (Å²) in [6, 6.07) is 21.8. The smallest absolute Gasteiger partial charge is 0.256 e. The fraction of sp³-hybridized carbons (Fsp3) is 0.500. The molecule has 52 heavy (non-hydrogen) atoms. The van der Waals surface area contributed by atoms with Gasteiger partial charge in [-0.3, -0.25) is 9.59 Å². The third-order valence-corrected chi connectivity index (χ3v) is 9.40. The molecule has 2 amide bonds. The van der Waals surface area contributed by atoms with E-state index in [0.29, 0.717) is 54.0 Å². The number of carbonyl (C=O) groups excluding carboxylic acids is 2. The first kappa shape index (κ1) is 43.4. The van der Waals surface area contributed by atoms with Gasteiger partial charge in [-0.25, -0.2) is 0 Å². The lowest BCUT2D eigenvalue weighted by molar-refractivity contribution is -0.144. The molecule has 0 aromatic heterocycles. The Morgan fingerprint density at radius 3 is 2.35 bits per heavy atom. The Morgan fingerprint density at radius 1 is 0.942 bits per heavy atom. The van der Waals surface area contributed by atoms with Crippen molar-refractivity contribution in [3.05, 3.63) is 88.4 Å². The van der Waals surface area contributed by atoms with Crippen LogP contribution < -0.4 is 19.7 Å². The summed E-state index contributed by atoms with van der Waals surface area (Å²) in [4.78, 5) is 33.9. The topological polar surface area (TPSA) is 83.6 Å². The number of rotatable bonds is 14. The fourth-order valence-corrected chi connectivity index (χ4v) is 6.75. The molecule has 1 saturated heterocycles. The van der Waals surface area contributed by atoms with Gasteiger partial charge >= 0.3 is 0 Å². The van der Waals surface area contributed by atoms with E-state index in [2.05, 4.69) is 55.3 Å². The number of anilines is 1.